The van der Waals surface area contributed by atoms with E-state index in [4.69, 9.17) is 4.74 Å². The first-order chi connectivity index (χ1) is 10.6. The summed E-state index contributed by atoms with van der Waals surface area (Å²) in [4.78, 5) is 6.56. The van der Waals surface area contributed by atoms with Gasteiger partial charge in [0.25, 0.3) is 0 Å². The molecular weight excluding hydrogens is 276 g/mol. The van der Waals surface area contributed by atoms with Crippen LogP contribution in [0.5, 0.6) is 5.75 Å². The fraction of sp³-hybridized carbons (Fsp3) is 0.389. The monoisotopic (exact) mass is 298 g/mol. The number of ether oxygens (including phenoxy) is 1. The highest BCUT2D eigenvalue weighted by molar-refractivity contribution is 5.26. The molecule has 2 aromatic rings. The molecule has 1 atom stereocenters. The van der Waals surface area contributed by atoms with Crippen molar-refractivity contribution in [2.24, 2.45) is 0 Å². The number of nitrogens with zero attached hydrogens (tertiary/aromatic N) is 2. The average Bonchev–Trinajstić information content (AvgIpc) is 2.89. The largest absolute Gasteiger partial charge is 0.491 e. The number of β-amino-alcohol motifs (C(OH)–C–C–N with tert-alkyl or cyclic N) is 1. The smallest absolute Gasteiger partial charge is 0.119 e. The first-order valence-electron chi connectivity index (χ1n) is 7.67. The van der Waals surface area contributed by atoms with E-state index < -0.39 is 5.60 Å². The number of hydrogen-bond acceptors (Lipinski definition) is 4. The maximum atomic E-state index is 10.7. The molecule has 1 saturated heterocycles. The number of benzene rings is 1. The molecule has 22 heavy (non-hydrogen) atoms. The number of aryl methyl sites for hydroxylation is 1. The Balaban J connectivity index is 1.53. The lowest BCUT2D eigenvalue weighted by Crippen LogP contribution is -2.39. The number of hydrogen-bond donors (Lipinski definition) is 1. The highest BCUT2D eigenvalue weighted by Crippen LogP contribution is 2.24. The molecule has 4 nitrogen and oxygen atoms in total. The first kappa shape index (κ1) is 15.0. The Morgan fingerprint density at radius 2 is 2.05 bits per heavy atom. The third-order valence-corrected chi connectivity index (χ3v) is 4.05. The molecular formula is C18H22N2O2. The standard InChI is InChI=1S/C18H22N2O2/c1-15-5-7-17(8-6-15)22-14-18(21)9-11-20(13-18)12-16-4-2-3-10-19-16/h2-8,10,21H,9,11-14H2,1H3/t18-/m1/s1. The maximum absolute atomic E-state index is 10.7. The molecule has 1 aromatic heterocycles. The summed E-state index contributed by atoms with van der Waals surface area (Å²) in [5.74, 6) is 0.808. The quantitative estimate of drug-likeness (QED) is 0.921. The predicted molar refractivity (Wildman–Crippen MR) is 85.8 cm³/mol. The van der Waals surface area contributed by atoms with E-state index in [0.29, 0.717) is 13.2 Å². The summed E-state index contributed by atoms with van der Waals surface area (Å²) >= 11 is 0. The van der Waals surface area contributed by atoms with Gasteiger partial charge in [0.1, 0.15) is 18.0 Å². The lowest BCUT2D eigenvalue weighted by Gasteiger charge is -2.23. The molecule has 0 saturated carbocycles. The van der Waals surface area contributed by atoms with Crippen LogP contribution in [-0.4, -0.2) is 40.3 Å². The van der Waals surface area contributed by atoms with E-state index in [1.165, 1.54) is 5.56 Å². The number of aromatic nitrogens is 1. The SMILES string of the molecule is Cc1ccc(OC[C@@]2(O)CCN(Cc3ccccn3)C2)cc1. The van der Waals surface area contributed by atoms with Crippen molar-refractivity contribution in [1.82, 2.24) is 9.88 Å². The van der Waals surface area contributed by atoms with E-state index in [1.807, 2.05) is 49.4 Å². The van der Waals surface area contributed by atoms with Crippen molar-refractivity contribution in [3.8, 4) is 5.75 Å². The highest BCUT2D eigenvalue weighted by atomic mass is 16.5. The molecule has 1 fully saturated rings. The van der Waals surface area contributed by atoms with Gasteiger partial charge in [-0.3, -0.25) is 9.88 Å². The molecule has 0 amide bonds. The van der Waals surface area contributed by atoms with Crippen LogP contribution in [0.15, 0.2) is 48.7 Å². The van der Waals surface area contributed by atoms with Crippen LogP contribution >= 0.6 is 0 Å². The lowest BCUT2D eigenvalue weighted by atomic mass is 10.1. The van der Waals surface area contributed by atoms with Gasteiger partial charge in [-0.2, -0.15) is 0 Å². The Morgan fingerprint density at radius 3 is 2.77 bits per heavy atom. The van der Waals surface area contributed by atoms with E-state index in [9.17, 15) is 5.11 Å². The van der Waals surface area contributed by atoms with Gasteiger partial charge in [-0.25, -0.2) is 0 Å². The van der Waals surface area contributed by atoms with Gasteiger partial charge < -0.3 is 9.84 Å². The van der Waals surface area contributed by atoms with Crippen LogP contribution in [0.4, 0.5) is 0 Å². The summed E-state index contributed by atoms with van der Waals surface area (Å²) in [6.07, 6.45) is 2.53. The van der Waals surface area contributed by atoms with Crippen molar-refractivity contribution in [2.45, 2.75) is 25.5 Å². The highest BCUT2D eigenvalue weighted by Gasteiger charge is 2.36. The summed E-state index contributed by atoms with van der Waals surface area (Å²) < 4.78 is 5.75. The summed E-state index contributed by atoms with van der Waals surface area (Å²) in [7, 11) is 0. The zero-order chi connectivity index (χ0) is 15.4. The van der Waals surface area contributed by atoms with E-state index in [2.05, 4.69) is 9.88 Å². The summed E-state index contributed by atoms with van der Waals surface area (Å²) in [6.45, 7) is 4.63. The van der Waals surface area contributed by atoms with Crippen molar-refractivity contribution >= 4 is 0 Å². The minimum atomic E-state index is -0.778. The molecule has 1 aliphatic heterocycles. The number of aliphatic hydroxyl groups is 1. The molecule has 3 rings (SSSR count). The normalized spacial score (nSPS) is 21.9. The van der Waals surface area contributed by atoms with E-state index in [-0.39, 0.29) is 0 Å². The van der Waals surface area contributed by atoms with E-state index >= 15 is 0 Å². The van der Waals surface area contributed by atoms with Crippen LogP contribution in [0.1, 0.15) is 17.7 Å². The third kappa shape index (κ3) is 3.84. The van der Waals surface area contributed by atoms with Gasteiger partial charge in [0.05, 0.1) is 5.69 Å². The zero-order valence-corrected chi connectivity index (χ0v) is 12.9. The minimum absolute atomic E-state index is 0.328. The Morgan fingerprint density at radius 1 is 1.23 bits per heavy atom. The molecule has 1 N–H and O–H groups in total. The molecule has 0 aliphatic carbocycles. The van der Waals surface area contributed by atoms with Gasteiger partial charge >= 0.3 is 0 Å². The van der Waals surface area contributed by atoms with Crippen LogP contribution in [0.25, 0.3) is 0 Å². The topological polar surface area (TPSA) is 45.6 Å². The summed E-state index contributed by atoms with van der Waals surface area (Å²) in [6, 6.07) is 13.8. The third-order valence-electron chi connectivity index (χ3n) is 4.05. The number of pyridine rings is 1. The van der Waals surface area contributed by atoms with Gasteiger partial charge in [-0.05, 0) is 37.6 Å². The van der Waals surface area contributed by atoms with Gasteiger partial charge in [-0.15, -0.1) is 0 Å². The first-order valence-corrected chi connectivity index (χ1v) is 7.67. The Kier molecular flexibility index (Phi) is 4.41. The van der Waals surface area contributed by atoms with Crippen LogP contribution in [-0.2, 0) is 6.54 Å². The van der Waals surface area contributed by atoms with Crippen LogP contribution in [0, 0.1) is 6.92 Å². The van der Waals surface area contributed by atoms with Crippen LogP contribution in [0.3, 0.4) is 0 Å². The second-order valence-corrected chi connectivity index (χ2v) is 6.11. The summed E-state index contributed by atoms with van der Waals surface area (Å²) in [5.41, 5.74) is 1.46. The fourth-order valence-electron chi connectivity index (χ4n) is 2.77. The van der Waals surface area contributed by atoms with Gasteiger partial charge in [0.2, 0.25) is 0 Å². The molecule has 1 aromatic carbocycles. The Labute approximate surface area is 131 Å². The lowest BCUT2D eigenvalue weighted by molar-refractivity contribution is 0.00330. The molecule has 2 heterocycles. The zero-order valence-electron chi connectivity index (χ0n) is 12.9. The second-order valence-electron chi connectivity index (χ2n) is 6.11. The number of likely N-dealkylation sites (tertiary alicyclic amines) is 1. The van der Waals surface area contributed by atoms with Crippen molar-refractivity contribution in [1.29, 1.82) is 0 Å². The van der Waals surface area contributed by atoms with Gasteiger partial charge in [0, 0.05) is 25.8 Å². The van der Waals surface area contributed by atoms with Crippen LogP contribution in [0.2, 0.25) is 0 Å². The predicted octanol–water partition coefficient (Wildman–Crippen LogP) is 2.41. The van der Waals surface area contributed by atoms with E-state index in [0.717, 1.165) is 31.0 Å². The van der Waals surface area contributed by atoms with E-state index in [1.54, 1.807) is 6.20 Å². The van der Waals surface area contributed by atoms with Gasteiger partial charge in [0.15, 0.2) is 0 Å². The molecule has 116 valence electrons. The average molecular weight is 298 g/mol. The molecule has 1 aliphatic rings. The van der Waals surface area contributed by atoms with Crippen molar-refractivity contribution in [3.63, 3.8) is 0 Å². The summed E-state index contributed by atoms with van der Waals surface area (Å²) in [5, 5.41) is 10.7. The second kappa shape index (κ2) is 6.46. The van der Waals surface area contributed by atoms with Crippen LogP contribution < -0.4 is 4.74 Å². The fourth-order valence-corrected chi connectivity index (χ4v) is 2.77. The number of rotatable bonds is 5. The minimum Gasteiger partial charge on any atom is -0.491 e. The van der Waals surface area contributed by atoms with Crippen molar-refractivity contribution in [2.75, 3.05) is 19.7 Å². The molecule has 4 heteroatoms. The molecule has 0 unspecified atom stereocenters. The van der Waals surface area contributed by atoms with Crippen molar-refractivity contribution in [3.05, 3.63) is 59.9 Å². The Hall–Kier alpha value is -1.91. The Bertz CT molecular complexity index is 600. The maximum Gasteiger partial charge on any atom is 0.119 e. The van der Waals surface area contributed by atoms with Gasteiger partial charge in [-0.1, -0.05) is 23.8 Å². The molecule has 0 bridgehead atoms. The van der Waals surface area contributed by atoms with Crippen molar-refractivity contribution < 1.29 is 9.84 Å². The molecule has 0 radical (unpaired) electrons. The molecule has 0 spiro atoms.